The Hall–Kier alpha value is -3.42. The van der Waals surface area contributed by atoms with Gasteiger partial charge in [-0.3, -0.25) is 9.58 Å². The summed E-state index contributed by atoms with van der Waals surface area (Å²) < 4.78 is 3.02. The summed E-state index contributed by atoms with van der Waals surface area (Å²) in [5.41, 5.74) is 7.98. The summed E-state index contributed by atoms with van der Waals surface area (Å²) in [5.74, 6) is 0.704. The molecule has 2 amide bonds. The van der Waals surface area contributed by atoms with Crippen LogP contribution < -0.4 is 4.90 Å². The van der Waals surface area contributed by atoms with Crippen LogP contribution in [0.2, 0.25) is 5.02 Å². The Morgan fingerprint density at radius 3 is 2.47 bits per heavy atom. The minimum Gasteiger partial charge on any atom is -0.326 e. The van der Waals surface area contributed by atoms with E-state index in [-0.39, 0.29) is 6.03 Å². The molecule has 0 saturated carbocycles. The zero-order valence-corrected chi connectivity index (χ0v) is 22.2. The average molecular weight is 516 g/mol. The average Bonchev–Trinajstić information content (AvgIpc) is 3.54. The zero-order valence-electron chi connectivity index (χ0n) is 20.7. The molecule has 0 aliphatic carbocycles. The lowest BCUT2D eigenvalue weighted by Gasteiger charge is -2.13. The fraction of sp³-hybridized carbons (Fsp3) is 0.250. The number of halogens is 1. The van der Waals surface area contributed by atoms with Crippen LogP contribution >= 0.6 is 22.9 Å². The molecule has 1 fully saturated rings. The van der Waals surface area contributed by atoms with Crippen LogP contribution in [-0.4, -0.2) is 45.8 Å². The van der Waals surface area contributed by atoms with Crippen LogP contribution in [0.5, 0.6) is 0 Å². The molecule has 1 aliphatic rings. The maximum Gasteiger partial charge on any atom is 0.325 e. The molecule has 6 nitrogen and oxygen atoms in total. The number of likely N-dealkylation sites (N-methyl/N-ethyl adjacent to an activating group) is 1. The number of aromatic nitrogens is 3. The Morgan fingerprint density at radius 2 is 1.78 bits per heavy atom. The molecule has 0 radical (unpaired) electrons. The molecule has 0 unspecified atom stereocenters. The van der Waals surface area contributed by atoms with E-state index in [1.807, 2.05) is 30.9 Å². The second-order valence-corrected chi connectivity index (χ2v) is 10.7. The smallest absolute Gasteiger partial charge is 0.325 e. The van der Waals surface area contributed by atoms with Crippen LogP contribution in [0.25, 0.3) is 42.8 Å². The molecule has 1 aliphatic heterocycles. The zero-order chi connectivity index (χ0) is 25.1. The first-order valence-corrected chi connectivity index (χ1v) is 13.2. The number of hydrogen-bond acceptors (Lipinski definition) is 4. The van der Waals surface area contributed by atoms with Gasteiger partial charge in [-0.2, -0.15) is 5.10 Å². The van der Waals surface area contributed by atoms with Crippen molar-refractivity contribution >= 4 is 55.9 Å². The lowest BCUT2D eigenvalue weighted by molar-refractivity contribution is 0.229. The molecule has 36 heavy (non-hydrogen) atoms. The van der Waals surface area contributed by atoms with Crippen molar-refractivity contribution in [2.24, 2.45) is 7.05 Å². The Labute approximate surface area is 218 Å². The molecule has 0 atom stereocenters. The molecule has 0 spiro atoms. The highest BCUT2D eigenvalue weighted by Gasteiger charge is 2.30. The predicted octanol–water partition coefficient (Wildman–Crippen LogP) is 6.91. The van der Waals surface area contributed by atoms with Gasteiger partial charge in [0.25, 0.3) is 0 Å². The fourth-order valence-electron chi connectivity index (χ4n) is 5.16. The van der Waals surface area contributed by atoms with Gasteiger partial charge in [-0.15, -0.1) is 11.3 Å². The van der Waals surface area contributed by atoms with Crippen molar-refractivity contribution in [2.75, 3.05) is 25.0 Å². The summed E-state index contributed by atoms with van der Waals surface area (Å²) in [7, 11) is 3.74. The molecule has 182 valence electrons. The van der Waals surface area contributed by atoms with E-state index in [0.29, 0.717) is 18.9 Å². The van der Waals surface area contributed by atoms with Gasteiger partial charge < -0.3 is 4.90 Å². The molecule has 5 aromatic rings. The van der Waals surface area contributed by atoms with E-state index in [4.69, 9.17) is 21.7 Å². The van der Waals surface area contributed by atoms with E-state index < -0.39 is 0 Å². The van der Waals surface area contributed by atoms with Crippen LogP contribution in [0.4, 0.5) is 10.6 Å². The molecular weight excluding hydrogens is 490 g/mol. The van der Waals surface area contributed by atoms with Crippen molar-refractivity contribution in [1.82, 2.24) is 19.7 Å². The first kappa shape index (κ1) is 23.0. The van der Waals surface area contributed by atoms with Gasteiger partial charge in [-0.1, -0.05) is 30.7 Å². The van der Waals surface area contributed by atoms with Gasteiger partial charge in [-0.25, -0.2) is 9.78 Å². The number of carbonyl (C=O) groups is 1. The van der Waals surface area contributed by atoms with E-state index in [0.717, 1.165) is 44.0 Å². The third kappa shape index (κ3) is 3.57. The number of urea groups is 1. The normalized spacial score (nSPS) is 14.1. The molecule has 0 N–H and O–H groups in total. The van der Waals surface area contributed by atoms with E-state index in [1.54, 1.807) is 21.1 Å². The van der Waals surface area contributed by atoms with E-state index in [9.17, 15) is 4.79 Å². The van der Waals surface area contributed by atoms with Crippen molar-refractivity contribution in [3.8, 4) is 21.7 Å². The SMILES string of the molecule is CCc1c(C)cc2nc(-c3ccc4c(c3)c(N3CCN(C)C3=O)nn4C)sc2c1-c1ccc(Cl)cc1. The number of benzene rings is 3. The standard InChI is InChI=1S/C28H26ClN5OS/c1-5-20-16(2)14-22-25(24(20)17-6-9-19(29)10-7-17)36-27(30-22)18-8-11-23-21(15-18)26(31-33(23)4)34-13-12-32(3)28(34)35/h6-11,14-15H,5,12-13H2,1-4H3. The molecule has 2 aromatic heterocycles. The number of thiazole rings is 1. The van der Waals surface area contributed by atoms with Crippen molar-refractivity contribution in [1.29, 1.82) is 0 Å². The number of nitrogens with zero attached hydrogens (tertiary/aromatic N) is 5. The summed E-state index contributed by atoms with van der Waals surface area (Å²) in [6, 6.07) is 16.5. The minimum atomic E-state index is -0.0180. The molecule has 8 heteroatoms. The Morgan fingerprint density at radius 1 is 1.03 bits per heavy atom. The van der Waals surface area contributed by atoms with Gasteiger partial charge in [-0.05, 0) is 66.4 Å². The predicted molar refractivity (Wildman–Crippen MR) is 149 cm³/mol. The highest BCUT2D eigenvalue weighted by Crippen LogP contribution is 2.42. The Bertz CT molecular complexity index is 1650. The maximum atomic E-state index is 12.7. The van der Waals surface area contributed by atoms with Gasteiger partial charge in [0.05, 0.1) is 15.7 Å². The molecule has 3 heterocycles. The summed E-state index contributed by atoms with van der Waals surface area (Å²) in [6.45, 7) is 5.69. The third-order valence-corrected chi connectivity index (χ3v) is 8.44. The lowest BCUT2D eigenvalue weighted by atomic mass is 9.94. The number of aryl methyl sites for hydroxylation is 2. The monoisotopic (exact) mass is 515 g/mol. The van der Waals surface area contributed by atoms with Gasteiger partial charge in [0.15, 0.2) is 5.82 Å². The number of fused-ring (bicyclic) bond motifs is 2. The second kappa shape index (κ2) is 8.61. The maximum absolute atomic E-state index is 12.7. The topological polar surface area (TPSA) is 54.3 Å². The van der Waals surface area contributed by atoms with E-state index in [2.05, 4.69) is 50.2 Å². The number of amides is 2. The second-order valence-electron chi connectivity index (χ2n) is 9.31. The van der Waals surface area contributed by atoms with Crippen LogP contribution in [0.1, 0.15) is 18.1 Å². The number of carbonyl (C=O) groups excluding carboxylic acids is 1. The summed E-state index contributed by atoms with van der Waals surface area (Å²) in [4.78, 5) is 21.3. The molecule has 1 saturated heterocycles. The van der Waals surface area contributed by atoms with Crippen LogP contribution in [0.15, 0.2) is 48.5 Å². The van der Waals surface area contributed by atoms with Crippen molar-refractivity contribution in [3.05, 3.63) is 64.7 Å². The lowest BCUT2D eigenvalue weighted by Crippen LogP contribution is -2.29. The number of rotatable bonds is 4. The van der Waals surface area contributed by atoms with E-state index in [1.165, 1.54) is 21.4 Å². The van der Waals surface area contributed by atoms with Gasteiger partial charge in [0.1, 0.15) is 5.01 Å². The van der Waals surface area contributed by atoms with Crippen molar-refractivity contribution in [2.45, 2.75) is 20.3 Å². The molecule has 3 aromatic carbocycles. The number of anilines is 1. The highest BCUT2D eigenvalue weighted by molar-refractivity contribution is 7.22. The number of hydrogen-bond donors (Lipinski definition) is 0. The van der Waals surface area contributed by atoms with Crippen LogP contribution in [-0.2, 0) is 13.5 Å². The fourth-order valence-corrected chi connectivity index (χ4v) is 6.42. The third-order valence-electron chi connectivity index (χ3n) is 7.05. The molecule has 0 bridgehead atoms. The summed E-state index contributed by atoms with van der Waals surface area (Å²) in [5, 5.41) is 7.34. The van der Waals surface area contributed by atoms with Crippen LogP contribution in [0, 0.1) is 6.92 Å². The largest absolute Gasteiger partial charge is 0.326 e. The molecule has 6 rings (SSSR count). The highest BCUT2D eigenvalue weighted by atomic mass is 35.5. The first-order valence-electron chi connectivity index (χ1n) is 12.0. The van der Waals surface area contributed by atoms with E-state index >= 15 is 0 Å². The Kier molecular flexibility index (Phi) is 5.50. The molecular formula is C28H26ClN5OS. The summed E-state index contributed by atoms with van der Waals surface area (Å²) >= 11 is 7.90. The van der Waals surface area contributed by atoms with Gasteiger partial charge in [0, 0.05) is 48.7 Å². The summed E-state index contributed by atoms with van der Waals surface area (Å²) in [6.07, 6.45) is 0.941. The van der Waals surface area contributed by atoms with Crippen molar-refractivity contribution < 1.29 is 4.79 Å². The van der Waals surface area contributed by atoms with Crippen molar-refractivity contribution in [3.63, 3.8) is 0 Å². The van der Waals surface area contributed by atoms with Crippen LogP contribution in [0.3, 0.4) is 0 Å². The van der Waals surface area contributed by atoms with Gasteiger partial charge in [0.2, 0.25) is 0 Å². The quantitative estimate of drug-likeness (QED) is 0.261. The van der Waals surface area contributed by atoms with Gasteiger partial charge >= 0.3 is 6.03 Å². The minimum absolute atomic E-state index is 0.0180. The first-order chi connectivity index (χ1) is 17.4. The Balaban J connectivity index is 1.53.